The molecule has 3 aromatic rings. The summed E-state index contributed by atoms with van der Waals surface area (Å²) in [4.78, 5) is 33.2. The van der Waals surface area contributed by atoms with E-state index < -0.39 is 6.04 Å². The first-order chi connectivity index (χ1) is 17.8. The molecule has 4 rings (SSSR count). The minimum absolute atomic E-state index is 0.00280. The number of anilines is 1. The molecule has 37 heavy (non-hydrogen) atoms. The monoisotopic (exact) mass is 543 g/mol. The van der Waals surface area contributed by atoms with Crippen LogP contribution in [0, 0.1) is 5.92 Å². The van der Waals surface area contributed by atoms with Gasteiger partial charge in [-0.25, -0.2) is 4.98 Å². The van der Waals surface area contributed by atoms with Gasteiger partial charge in [0.25, 0.3) is 5.91 Å². The van der Waals surface area contributed by atoms with Crippen molar-refractivity contribution in [3.63, 3.8) is 0 Å². The van der Waals surface area contributed by atoms with E-state index in [0.717, 1.165) is 42.6 Å². The lowest BCUT2D eigenvalue weighted by Gasteiger charge is -2.23. The molecule has 3 heterocycles. The Hall–Kier alpha value is -3.07. The van der Waals surface area contributed by atoms with Crippen molar-refractivity contribution in [2.75, 3.05) is 25.0 Å². The van der Waals surface area contributed by atoms with Gasteiger partial charge >= 0.3 is 5.97 Å². The van der Waals surface area contributed by atoms with Crippen molar-refractivity contribution in [1.29, 1.82) is 0 Å². The van der Waals surface area contributed by atoms with Crippen molar-refractivity contribution >= 4 is 40.9 Å². The molecule has 4 N–H and O–H groups in total. The van der Waals surface area contributed by atoms with Gasteiger partial charge in [0.1, 0.15) is 18.1 Å². The highest BCUT2D eigenvalue weighted by atomic mass is 35.5. The van der Waals surface area contributed by atoms with Crippen LogP contribution in [0.5, 0.6) is 0 Å². The lowest BCUT2D eigenvalue weighted by molar-refractivity contribution is -0.150. The molecule has 1 atom stereocenters. The number of benzene rings is 1. The van der Waals surface area contributed by atoms with Gasteiger partial charge in [-0.05, 0) is 69.6 Å². The fraction of sp³-hybridized carbons (Fsp3) is 0.370. The van der Waals surface area contributed by atoms with Gasteiger partial charge in [-0.1, -0.05) is 35.3 Å². The third kappa shape index (κ3) is 7.25. The molecular weight excluding hydrogens is 513 g/mol. The molecule has 1 fully saturated rings. The van der Waals surface area contributed by atoms with Crippen LogP contribution in [-0.4, -0.2) is 47.6 Å². The predicted octanol–water partition coefficient (Wildman–Crippen LogP) is 5.22. The van der Waals surface area contributed by atoms with Gasteiger partial charge < -0.3 is 25.7 Å². The van der Waals surface area contributed by atoms with Crippen molar-refractivity contribution in [3.8, 4) is 11.1 Å². The molecule has 0 spiro atoms. The SMILES string of the molecule is CC(C)Nc1cc(-c2c[nH]c(C(=O)N[C@H](COC(=O)C3CCNCC3)c3cccc(Cl)c3)c2)c(Cl)cn1. The van der Waals surface area contributed by atoms with Crippen molar-refractivity contribution in [3.05, 3.63) is 70.1 Å². The smallest absolute Gasteiger partial charge is 0.309 e. The van der Waals surface area contributed by atoms with Crippen LogP contribution in [0.1, 0.15) is 48.8 Å². The molecule has 1 aromatic carbocycles. The van der Waals surface area contributed by atoms with Gasteiger partial charge in [0, 0.05) is 34.6 Å². The molecule has 0 radical (unpaired) electrons. The highest BCUT2D eigenvalue weighted by Gasteiger charge is 2.25. The zero-order valence-corrected chi connectivity index (χ0v) is 22.3. The highest BCUT2D eigenvalue weighted by Crippen LogP contribution is 2.30. The fourth-order valence-corrected chi connectivity index (χ4v) is 4.65. The number of esters is 1. The Morgan fingerprint density at radius 1 is 1.16 bits per heavy atom. The summed E-state index contributed by atoms with van der Waals surface area (Å²) in [5.41, 5.74) is 2.59. The van der Waals surface area contributed by atoms with Gasteiger partial charge in [0.15, 0.2) is 0 Å². The van der Waals surface area contributed by atoms with Crippen LogP contribution in [-0.2, 0) is 9.53 Å². The summed E-state index contributed by atoms with van der Waals surface area (Å²) < 4.78 is 5.64. The Kier molecular flexibility index (Phi) is 9.08. The third-order valence-corrected chi connectivity index (χ3v) is 6.69. The second kappa shape index (κ2) is 12.4. The molecule has 0 bridgehead atoms. The van der Waals surface area contributed by atoms with Crippen molar-refractivity contribution in [2.24, 2.45) is 5.92 Å². The molecule has 10 heteroatoms. The van der Waals surface area contributed by atoms with E-state index in [1.807, 2.05) is 26.0 Å². The number of piperidine rings is 1. The zero-order chi connectivity index (χ0) is 26.4. The van der Waals surface area contributed by atoms with E-state index in [-0.39, 0.29) is 30.4 Å². The maximum Gasteiger partial charge on any atom is 0.309 e. The largest absolute Gasteiger partial charge is 0.463 e. The van der Waals surface area contributed by atoms with E-state index in [0.29, 0.717) is 21.6 Å². The molecule has 8 nitrogen and oxygen atoms in total. The molecule has 1 saturated heterocycles. The Balaban J connectivity index is 1.49. The Labute approximate surface area is 226 Å². The molecule has 0 aliphatic carbocycles. The van der Waals surface area contributed by atoms with Gasteiger partial charge in [0.2, 0.25) is 0 Å². The van der Waals surface area contributed by atoms with Crippen molar-refractivity contribution in [2.45, 2.75) is 38.8 Å². The number of hydrogen-bond acceptors (Lipinski definition) is 6. The van der Waals surface area contributed by atoms with E-state index >= 15 is 0 Å². The van der Waals surface area contributed by atoms with Crippen LogP contribution < -0.4 is 16.0 Å². The van der Waals surface area contributed by atoms with E-state index in [9.17, 15) is 9.59 Å². The third-order valence-electron chi connectivity index (χ3n) is 6.15. The van der Waals surface area contributed by atoms with Crippen LogP contribution in [0.15, 0.2) is 48.8 Å². The first kappa shape index (κ1) is 27.0. The molecule has 2 aromatic heterocycles. The first-order valence-electron chi connectivity index (χ1n) is 12.3. The van der Waals surface area contributed by atoms with Crippen molar-refractivity contribution < 1.29 is 14.3 Å². The van der Waals surface area contributed by atoms with E-state index in [1.165, 1.54) is 0 Å². The van der Waals surface area contributed by atoms with Crippen LogP contribution >= 0.6 is 23.2 Å². The number of nitrogens with one attached hydrogen (secondary N) is 4. The van der Waals surface area contributed by atoms with Gasteiger partial charge in [-0.2, -0.15) is 0 Å². The Morgan fingerprint density at radius 2 is 1.95 bits per heavy atom. The summed E-state index contributed by atoms with van der Waals surface area (Å²) in [5, 5.41) is 10.5. The maximum atomic E-state index is 13.2. The molecule has 0 unspecified atom stereocenters. The van der Waals surface area contributed by atoms with Gasteiger partial charge in [-0.15, -0.1) is 0 Å². The number of nitrogens with zero attached hydrogens (tertiary/aromatic N) is 1. The summed E-state index contributed by atoms with van der Waals surface area (Å²) in [6.07, 6.45) is 4.79. The number of carbonyl (C=O) groups excluding carboxylic acids is 2. The standard InChI is InChI=1S/C27H31Cl2N5O3/c1-16(2)33-25-12-21(22(29)14-32-25)19-11-23(31-13-19)26(35)34-24(18-4-3-5-20(28)10-18)15-37-27(36)17-6-8-30-9-7-17/h3-5,10-14,16-17,24,30-31H,6-9,15H2,1-2H3,(H,32,33)(H,34,35)/t24-/m1/s1. The van der Waals surface area contributed by atoms with Gasteiger partial charge in [0.05, 0.1) is 17.0 Å². The number of pyridine rings is 1. The molecule has 196 valence electrons. The first-order valence-corrected chi connectivity index (χ1v) is 13.1. The summed E-state index contributed by atoms with van der Waals surface area (Å²) in [5.74, 6) is -0.0378. The number of aromatic amines is 1. The number of rotatable bonds is 9. The number of hydrogen-bond donors (Lipinski definition) is 4. The summed E-state index contributed by atoms with van der Waals surface area (Å²) in [6.45, 7) is 5.63. The number of amides is 1. The van der Waals surface area contributed by atoms with E-state index in [1.54, 1.807) is 36.7 Å². The highest BCUT2D eigenvalue weighted by molar-refractivity contribution is 6.33. The number of H-pyrrole nitrogens is 1. The minimum atomic E-state index is -0.574. The van der Waals surface area contributed by atoms with Crippen molar-refractivity contribution in [1.82, 2.24) is 20.6 Å². The van der Waals surface area contributed by atoms with Crippen LogP contribution in [0.4, 0.5) is 5.82 Å². The molecule has 0 saturated carbocycles. The number of halogens is 2. The molecule has 1 aliphatic rings. The second-order valence-corrected chi connectivity index (χ2v) is 10.2. The normalized spacial score (nSPS) is 14.8. The molecule has 1 amide bonds. The minimum Gasteiger partial charge on any atom is -0.463 e. The Morgan fingerprint density at radius 3 is 2.68 bits per heavy atom. The number of carbonyl (C=O) groups is 2. The summed E-state index contributed by atoms with van der Waals surface area (Å²) >= 11 is 12.6. The van der Waals surface area contributed by atoms with Crippen LogP contribution in [0.3, 0.4) is 0 Å². The van der Waals surface area contributed by atoms with E-state index in [2.05, 4.69) is 25.9 Å². The topological polar surface area (TPSA) is 108 Å². The fourth-order valence-electron chi connectivity index (χ4n) is 4.24. The second-order valence-electron chi connectivity index (χ2n) is 9.39. The number of aromatic nitrogens is 2. The van der Waals surface area contributed by atoms with Gasteiger partial charge in [-0.3, -0.25) is 9.59 Å². The lowest BCUT2D eigenvalue weighted by atomic mass is 9.98. The van der Waals surface area contributed by atoms with Crippen LogP contribution in [0.25, 0.3) is 11.1 Å². The van der Waals surface area contributed by atoms with E-state index in [4.69, 9.17) is 27.9 Å². The summed E-state index contributed by atoms with van der Waals surface area (Å²) in [7, 11) is 0. The molecular formula is C27H31Cl2N5O3. The quantitative estimate of drug-likeness (QED) is 0.275. The number of ether oxygens (including phenoxy) is 1. The van der Waals surface area contributed by atoms with Crippen LogP contribution in [0.2, 0.25) is 10.0 Å². The maximum absolute atomic E-state index is 13.2. The predicted molar refractivity (Wildman–Crippen MR) is 146 cm³/mol. The summed E-state index contributed by atoms with van der Waals surface area (Å²) in [6, 6.07) is 10.4. The average molecular weight is 544 g/mol. The average Bonchev–Trinajstić information content (AvgIpc) is 3.38. The molecule has 1 aliphatic heterocycles. The Bertz CT molecular complexity index is 1240. The lowest BCUT2D eigenvalue weighted by Crippen LogP contribution is -2.36. The zero-order valence-electron chi connectivity index (χ0n) is 20.8.